The minimum absolute atomic E-state index is 1.09. The highest BCUT2D eigenvalue weighted by Crippen LogP contribution is 2.42. The van der Waals surface area contributed by atoms with Crippen molar-refractivity contribution in [1.29, 1.82) is 0 Å². The van der Waals surface area contributed by atoms with Crippen molar-refractivity contribution >= 4 is 0 Å². The summed E-state index contributed by atoms with van der Waals surface area (Å²) in [4.78, 5) is 0. The summed E-state index contributed by atoms with van der Waals surface area (Å²) in [6, 6.07) is 27.5. The highest BCUT2D eigenvalue weighted by Gasteiger charge is 2.25. The van der Waals surface area contributed by atoms with Gasteiger partial charge in [-0.25, -0.2) is 0 Å². The summed E-state index contributed by atoms with van der Waals surface area (Å²) < 4.78 is 0. The molecule has 0 unspecified atom stereocenters. The van der Waals surface area contributed by atoms with Crippen LogP contribution < -0.4 is 0 Å². The van der Waals surface area contributed by atoms with Crippen LogP contribution >= 0.6 is 0 Å². The van der Waals surface area contributed by atoms with Gasteiger partial charge in [0.1, 0.15) is 0 Å². The van der Waals surface area contributed by atoms with Crippen molar-refractivity contribution in [3.8, 4) is 22.3 Å². The van der Waals surface area contributed by atoms with Gasteiger partial charge in [-0.3, -0.25) is 0 Å². The first kappa shape index (κ1) is 19.6. The van der Waals surface area contributed by atoms with Gasteiger partial charge in [0.25, 0.3) is 0 Å². The van der Waals surface area contributed by atoms with Crippen LogP contribution in [0.5, 0.6) is 0 Å². The topological polar surface area (TPSA) is 0 Å². The van der Waals surface area contributed by atoms with E-state index in [1.165, 1.54) is 44.5 Å². The van der Waals surface area contributed by atoms with E-state index in [2.05, 4.69) is 86.6 Å². The number of hydrogen-bond acceptors (Lipinski definition) is 0. The molecule has 158 valence electrons. The van der Waals surface area contributed by atoms with E-state index < -0.39 is 0 Å². The largest absolute Gasteiger partial charge is 0.0619 e. The summed E-state index contributed by atoms with van der Waals surface area (Å²) in [7, 11) is 0. The van der Waals surface area contributed by atoms with E-state index in [9.17, 15) is 0 Å². The fraction of sp³-hybridized carbons (Fsp3) is 0.250. The summed E-state index contributed by atoms with van der Waals surface area (Å²) in [5.74, 6) is 0. The molecule has 0 nitrogen and oxygen atoms in total. The molecule has 0 heteroatoms. The molecule has 0 saturated heterocycles. The van der Waals surface area contributed by atoms with Gasteiger partial charge < -0.3 is 0 Å². The molecule has 0 N–H and O–H groups in total. The zero-order valence-corrected chi connectivity index (χ0v) is 19.2. The quantitative estimate of drug-likeness (QED) is 0.271. The maximum atomic E-state index is 2.39. The third-order valence-corrected chi connectivity index (χ3v) is 7.79. The van der Waals surface area contributed by atoms with E-state index >= 15 is 0 Å². The molecule has 0 atom stereocenters. The number of fused-ring (bicyclic) bond motifs is 6. The number of rotatable bonds is 5. The Morgan fingerprint density at radius 2 is 0.938 bits per heavy atom. The summed E-state index contributed by atoms with van der Waals surface area (Å²) >= 11 is 0. The van der Waals surface area contributed by atoms with E-state index in [1.54, 1.807) is 22.3 Å². The second-order valence-electron chi connectivity index (χ2n) is 9.33. The molecule has 0 amide bonds. The maximum absolute atomic E-state index is 2.39. The van der Waals surface area contributed by atoms with Gasteiger partial charge in [0.15, 0.2) is 0 Å². The Morgan fingerprint density at radius 3 is 1.38 bits per heavy atom. The molecule has 4 aromatic carbocycles. The number of benzene rings is 4. The predicted octanol–water partition coefficient (Wildman–Crippen LogP) is 7.74. The lowest BCUT2D eigenvalue weighted by molar-refractivity contribution is 0.885. The predicted molar refractivity (Wildman–Crippen MR) is 136 cm³/mol. The van der Waals surface area contributed by atoms with Crippen molar-refractivity contribution in [2.24, 2.45) is 0 Å². The van der Waals surface area contributed by atoms with Gasteiger partial charge >= 0.3 is 0 Å². The van der Waals surface area contributed by atoms with Crippen LogP contribution in [-0.2, 0) is 38.5 Å². The molecule has 0 radical (unpaired) electrons. The summed E-state index contributed by atoms with van der Waals surface area (Å²) in [6.45, 7) is 4.61. The highest BCUT2D eigenvalue weighted by atomic mass is 14.3. The third-order valence-electron chi connectivity index (χ3n) is 7.79. The Hall–Kier alpha value is -3.12. The lowest BCUT2D eigenvalue weighted by Crippen LogP contribution is -2.06. The molecule has 2 aliphatic rings. The zero-order valence-electron chi connectivity index (χ0n) is 19.2. The van der Waals surface area contributed by atoms with Gasteiger partial charge in [-0.05, 0) is 105 Å². The van der Waals surface area contributed by atoms with Crippen LogP contribution in [0.1, 0.15) is 58.4 Å². The van der Waals surface area contributed by atoms with E-state index in [4.69, 9.17) is 0 Å². The van der Waals surface area contributed by atoms with Crippen LogP contribution in [0.15, 0.2) is 72.8 Å². The molecular weight excluding hydrogens is 384 g/mol. The van der Waals surface area contributed by atoms with Gasteiger partial charge in [-0.15, -0.1) is 0 Å². The van der Waals surface area contributed by atoms with Crippen LogP contribution in [0.25, 0.3) is 22.3 Å². The van der Waals surface area contributed by atoms with Crippen LogP contribution in [0, 0.1) is 0 Å². The van der Waals surface area contributed by atoms with Gasteiger partial charge in [-0.2, -0.15) is 0 Å². The molecular formula is C32H30. The van der Waals surface area contributed by atoms with Crippen molar-refractivity contribution in [3.63, 3.8) is 0 Å². The molecule has 0 heterocycles. The molecule has 4 aromatic rings. The Labute approximate surface area is 192 Å². The maximum Gasteiger partial charge on any atom is -0.00106 e. The first-order valence-electron chi connectivity index (χ1n) is 12.2. The lowest BCUT2D eigenvalue weighted by atomic mass is 9.87. The number of hydrogen-bond donors (Lipinski definition) is 0. The molecule has 0 spiro atoms. The molecule has 32 heavy (non-hydrogen) atoms. The standard InChI is InChI=1S/C32H30/c1-3-21-13-15-29-25-11-7-5-9-23(25)19-31(29)27(21)17-18-28-22(4-2)14-16-30-26-12-8-6-10-24(26)20-32(28)30/h5-16H,3-4,17-20H2,1-2H3. The minimum atomic E-state index is 1.09. The fourth-order valence-electron chi connectivity index (χ4n) is 6.18. The van der Waals surface area contributed by atoms with E-state index in [0.29, 0.717) is 0 Å². The van der Waals surface area contributed by atoms with Crippen molar-refractivity contribution in [3.05, 3.63) is 117 Å². The second-order valence-corrected chi connectivity index (χ2v) is 9.33. The summed E-state index contributed by atoms with van der Waals surface area (Å²) in [6.07, 6.45) is 6.68. The SMILES string of the molecule is CCc1ccc2c(c1CCc1c(CC)ccc3c1Cc1ccccc1-3)Cc1ccccc1-2. The number of aryl methyl sites for hydroxylation is 2. The molecule has 0 bridgehead atoms. The summed E-state index contributed by atoms with van der Waals surface area (Å²) in [5, 5.41) is 0. The molecule has 0 aromatic heterocycles. The smallest absolute Gasteiger partial charge is 0.00106 e. The van der Waals surface area contributed by atoms with Crippen molar-refractivity contribution < 1.29 is 0 Å². The van der Waals surface area contributed by atoms with Crippen LogP contribution in [0.2, 0.25) is 0 Å². The van der Waals surface area contributed by atoms with Gasteiger partial charge in [0.05, 0.1) is 0 Å². The summed E-state index contributed by atoms with van der Waals surface area (Å²) in [5.41, 5.74) is 18.2. The second kappa shape index (κ2) is 7.78. The Balaban J connectivity index is 1.40. The average molecular weight is 415 g/mol. The van der Waals surface area contributed by atoms with Crippen LogP contribution in [0.3, 0.4) is 0 Å². The van der Waals surface area contributed by atoms with E-state index in [0.717, 1.165) is 38.5 Å². The van der Waals surface area contributed by atoms with Crippen molar-refractivity contribution in [2.45, 2.75) is 52.4 Å². The lowest BCUT2D eigenvalue weighted by Gasteiger charge is -2.18. The molecule has 0 aliphatic heterocycles. The Morgan fingerprint density at radius 1 is 0.500 bits per heavy atom. The van der Waals surface area contributed by atoms with Gasteiger partial charge in [-0.1, -0.05) is 86.6 Å². The monoisotopic (exact) mass is 414 g/mol. The molecule has 6 rings (SSSR count). The van der Waals surface area contributed by atoms with Gasteiger partial charge in [0, 0.05) is 0 Å². The Bertz CT molecular complexity index is 1230. The van der Waals surface area contributed by atoms with E-state index in [-0.39, 0.29) is 0 Å². The van der Waals surface area contributed by atoms with Crippen LogP contribution in [0.4, 0.5) is 0 Å². The third kappa shape index (κ3) is 2.97. The molecule has 2 aliphatic carbocycles. The first-order valence-corrected chi connectivity index (χ1v) is 12.2. The molecule has 0 fully saturated rings. The van der Waals surface area contributed by atoms with Crippen LogP contribution in [-0.4, -0.2) is 0 Å². The normalized spacial score (nSPS) is 12.9. The zero-order chi connectivity index (χ0) is 21.7. The first-order chi connectivity index (χ1) is 15.8. The average Bonchev–Trinajstić information content (AvgIpc) is 3.40. The fourth-order valence-corrected chi connectivity index (χ4v) is 6.18. The van der Waals surface area contributed by atoms with Crippen molar-refractivity contribution in [2.75, 3.05) is 0 Å². The van der Waals surface area contributed by atoms with Crippen molar-refractivity contribution in [1.82, 2.24) is 0 Å². The molecule has 0 saturated carbocycles. The highest BCUT2D eigenvalue weighted by molar-refractivity contribution is 5.80. The van der Waals surface area contributed by atoms with E-state index in [1.807, 2.05) is 0 Å². The van der Waals surface area contributed by atoms with Gasteiger partial charge in [0.2, 0.25) is 0 Å². The Kier molecular flexibility index (Phi) is 4.76. The minimum Gasteiger partial charge on any atom is -0.0619 e.